The van der Waals surface area contributed by atoms with Gasteiger partial charge in [0.2, 0.25) is 0 Å². The molecule has 4 heterocycles. The first-order valence-corrected chi connectivity index (χ1v) is 10.1. The molecule has 1 aromatic heterocycles. The lowest BCUT2D eigenvalue weighted by molar-refractivity contribution is -0.566. The van der Waals surface area contributed by atoms with Crippen molar-refractivity contribution in [1.29, 1.82) is 0 Å². The van der Waals surface area contributed by atoms with E-state index in [4.69, 9.17) is 9.41 Å². The Bertz CT molecular complexity index is 927. The third-order valence-corrected chi connectivity index (χ3v) is 5.86. The number of hydrogen-bond acceptors (Lipinski definition) is 6. The van der Waals surface area contributed by atoms with Crippen molar-refractivity contribution in [2.45, 2.75) is 25.9 Å². The number of amides is 4. The summed E-state index contributed by atoms with van der Waals surface area (Å²) >= 11 is 0. The number of piperazine rings is 1. The number of nitrogens with zero attached hydrogens (tertiary/aromatic N) is 6. The molecule has 30 heavy (non-hydrogen) atoms. The monoisotopic (exact) mass is 415 g/mol. The molecule has 1 atom stereocenters. The van der Waals surface area contributed by atoms with Crippen molar-refractivity contribution in [3.05, 3.63) is 24.2 Å². The van der Waals surface area contributed by atoms with Crippen molar-refractivity contribution >= 4 is 29.5 Å². The van der Waals surface area contributed by atoms with Crippen LogP contribution < -0.4 is 0 Å². The van der Waals surface area contributed by atoms with Gasteiger partial charge in [-0.25, -0.2) is 9.37 Å². The van der Waals surface area contributed by atoms with E-state index in [1.807, 2.05) is 18.4 Å². The zero-order valence-corrected chi connectivity index (χ0v) is 17.7. The molecule has 0 radical (unpaired) electrons. The number of furan rings is 1. The molecule has 10 heteroatoms. The van der Waals surface area contributed by atoms with Gasteiger partial charge in [-0.15, -0.1) is 0 Å². The minimum absolute atomic E-state index is 0.0482. The topological polar surface area (TPSA) is 92.7 Å². The SMILES string of the molecule is CC(C)[N+]1=C(CN2CCN(C(=O)c3ccco3)CC2)N=C2C1C(=O)N(C)C(=O)N2C. The number of likely N-dealkylation sites (N-methyl/N-ethyl adjacent to an activating group) is 2. The molecule has 1 unspecified atom stereocenters. The zero-order chi connectivity index (χ0) is 21.6. The molecule has 0 aliphatic carbocycles. The van der Waals surface area contributed by atoms with Gasteiger partial charge < -0.3 is 9.32 Å². The minimum atomic E-state index is -0.575. The van der Waals surface area contributed by atoms with E-state index in [-0.39, 0.29) is 23.9 Å². The highest BCUT2D eigenvalue weighted by atomic mass is 16.3. The van der Waals surface area contributed by atoms with Crippen molar-refractivity contribution in [3.8, 4) is 0 Å². The molecular formula is C20H27N6O4+. The second kappa shape index (κ2) is 7.67. The summed E-state index contributed by atoms with van der Waals surface area (Å²) in [5.41, 5.74) is 0. The third kappa shape index (κ3) is 3.30. The summed E-state index contributed by atoms with van der Waals surface area (Å²) in [5, 5.41) is 0. The number of hydrogen-bond donors (Lipinski definition) is 0. The standard InChI is InChI=1S/C20H27N6O4/c1-13(2)26-15(21-17-16(26)19(28)23(4)20(29)22(17)3)12-24-7-9-25(10-8-24)18(27)14-6-5-11-30-14/h5-6,11,13,16H,7-10,12H2,1-4H3/q+1. The van der Waals surface area contributed by atoms with Crippen LogP contribution in [0.5, 0.6) is 0 Å². The molecule has 3 aliphatic rings. The number of carbonyl (C=O) groups excluding carboxylic acids is 3. The molecule has 4 amide bonds. The van der Waals surface area contributed by atoms with Gasteiger partial charge in [-0.1, -0.05) is 0 Å². The van der Waals surface area contributed by atoms with Gasteiger partial charge in [-0.05, 0) is 31.0 Å². The molecule has 1 aromatic rings. The van der Waals surface area contributed by atoms with Gasteiger partial charge in [-0.2, -0.15) is 0 Å². The van der Waals surface area contributed by atoms with Crippen molar-refractivity contribution in [1.82, 2.24) is 19.6 Å². The average Bonchev–Trinajstić information content (AvgIpc) is 3.39. The summed E-state index contributed by atoms with van der Waals surface area (Å²) in [6, 6.07) is 2.49. The summed E-state index contributed by atoms with van der Waals surface area (Å²) in [4.78, 5) is 48.9. The van der Waals surface area contributed by atoms with Crippen LogP contribution in [0.3, 0.4) is 0 Å². The van der Waals surface area contributed by atoms with Crippen LogP contribution in [-0.2, 0) is 4.79 Å². The van der Waals surface area contributed by atoms with Crippen LogP contribution in [0, 0.1) is 0 Å². The maximum absolute atomic E-state index is 12.8. The van der Waals surface area contributed by atoms with Crippen LogP contribution in [0.2, 0.25) is 0 Å². The molecule has 0 bridgehead atoms. The maximum Gasteiger partial charge on any atom is 0.333 e. The first-order chi connectivity index (χ1) is 14.3. The molecular weight excluding hydrogens is 388 g/mol. The van der Waals surface area contributed by atoms with E-state index in [1.165, 1.54) is 18.2 Å². The average molecular weight is 415 g/mol. The van der Waals surface area contributed by atoms with Crippen LogP contribution in [0.1, 0.15) is 24.4 Å². The lowest BCUT2D eigenvalue weighted by Gasteiger charge is -2.33. The molecule has 0 spiro atoms. The molecule has 2 saturated heterocycles. The van der Waals surface area contributed by atoms with E-state index < -0.39 is 6.04 Å². The Morgan fingerprint density at radius 1 is 1.20 bits per heavy atom. The largest absolute Gasteiger partial charge is 0.459 e. The lowest BCUT2D eigenvalue weighted by atomic mass is 10.1. The van der Waals surface area contributed by atoms with Gasteiger partial charge in [-0.3, -0.25) is 24.3 Å². The highest BCUT2D eigenvalue weighted by molar-refractivity contribution is 6.23. The minimum Gasteiger partial charge on any atom is -0.459 e. The smallest absolute Gasteiger partial charge is 0.333 e. The second-order valence-corrected chi connectivity index (χ2v) is 8.07. The fourth-order valence-corrected chi connectivity index (χ4v) is 4.19. The quantitative estimate of drug-likeness (QED) is 0.654. The van der Waals surface area contributed by atoms with Gasteiger partial charge in [0.05, 0.1) is 12.3 Å². The van der Waals surface area contributed by atoms with Crippen molar-refractivity contribution in [2.75, 3.05) is 46.8 Å². The molecule has 0 N–H and O–H groups in total. The number of amidine groups is 2. The lowest BCUT2D eigenvalue weighted by Crippen LogP contribution is -2.62. The molecule has 10 nitrogen and oxygen atoms in total. The molecule has 3 aliphatic heterocycles. The number of urea groups is 1. The van der Waals surface area contributed by atoms with Crippen LogP contribution >= 0.6 is 0 Å². The Hall–Kier alpha value is -3.01. The van der Waals surface area contributed by atoms with Crippen LogP contribution in [0.25, 0.3) is 0 Å². The number of rotatable bonds is 4. The molecule has 160 valence electrons. The molecule has 4 rings (SSSR count). The third-order valence-electron chi connectivity index (χ3n) is 5.86. The number of fused-ring (bicyclic) bond motifs is 1. The first-order valence-electron chi connectivity index (χ1n) is 10.1. The Kier molecular flexibility index (Phi) is 5.19. The van der Waals surface area contributed by atoms with Crippen LogP contribution in [0.15, 0.2) is 27.8 Å². The molecule has 0 saturated carbocycles. The number of imide groups is 1. The normalized spacial score (nSPS) is 22.9. The van der Waals surface area contributed by atoms with Gasteiger partial charge in [0, 0.05) is 40.3 Å². The van der Waals surface area contributed by atoms with E-state index >= 15 is 0 Å². The van der Waals surface area contributed by atoms with Crippen molar-refractivity contribution < 1.29 is 23.4 Å². The number of aliphatic imine (C=N–C) groups is 1. The van der Waals surface area contributed by atoms with E-state index in [0.29, 0.717) is 44.3 Å². The van der Waals surface area contributed by atoms with Crippen molar-refractivity contribution in [2.24, 2.45) is 4.99 Å². The highest BCUT2D eigenvalue weighted by Gasteiger charge is 2.53. The predicted octanol–water partition coefficient (Wildman–Crippen LogP) is 0.161. The van der Waals surface area contributed by atoms with Gasteiger partial charge in [0.1, 0.15) is 6.54 Å². The maximum atomic E-state index is 12.8. The van der Waals surface area contributed by atoms with Crippen LogP contribution in [-0.4, -0.2) is 113 Å². The first kappa shape index (κ1) is 20.3. The van der Waals surface area contributed by atoms with Crippen molar-refractivity contribution in [3.63, 3.8) is 0 Å². The fraction of sp³-hybridized carbons (Fsp3) is 0.550. The van der Waals surface area contributed by atoms with Gasteiger partial charge in [0.15, 0.2) is 5.76 Å². The van der Waals surface area contributed by atoms with Gasteiger partial charge >= 0.3 is 11.9 Å². The Morgan fingerprint density at radius 2 is 1.90 bits per heavy atom. The van der Waals surface area contributed by atoms with E-state index in [9.17, 15) is 14.4 Å². The Morgan fingerprint density at radius 3 is 2.50 bits per heavy atom. The Labute approximate surface area is 175 Å². The fourth-order valence-electron chi connectivity index (χ4n) is 4.19. The highest BCUT2D eigenvalue weighted by Crippen LogP contribution is 2.21. The van der Waals surface area contributed by atoms with E-state index in [0.717, 1.165) is 10.7 Å². The molecule has 2 fully saturated rings. The second-order valence-electron chi connectivity index (χ2n) is 8.07. The summed E-state index contributed by atoms with van der Waals surface area (Å²) in [7, 11) is 3.15. The summed E-state index contributed by atoms with van der Waals surface area (Å²) in [6.45, 7) is 7.16. The summed E-state index contributed by atoms with van der Waals surface area (Å²) in [5.74, 6) is 1.26. The van der Waals surface area contributed by atoms with E-state index in [2.05, 4.69) is 4.90 Å². The molecule has 0 aromatic carbocycles. The summed E-state index contributed by atoms with van der Waals surface area (Å²) < 4.78 is 7.21. The Balaban J connectivity index is 1.49. The van der Waals surface area contributed by atoms with Crippen LogP contribution in [0.4, 0.5) is 4.79 Å². The zero-order valence-electron chi connectivity index (χ0n) is 17.7. The predicted molar refractivity (Wildman–Crippen MR) is 109 cm³/mol. The summed E-state index contributed by atoms with van der Waals surface area (Å²) in [6.07, 6.45) is 1.50. The number of carbonyl (C=O) groups is 3. The van der Waals surface area contributed by atoms with Gasteiger partial charge in [0.25, 0.3) is 23.7 Å². The van der Waals surface area contributed by atoms with E-state index in [1.54, 1.807) is 24.1 Å².